The van der Waals surface area contributed by atoms with E-state index in [1.165, 1.54) is 4.90 Å². The summed E-state index contributed by atoms with van der Waals surface area (Å²) < 4.78 is 0. The fraction of sp³-hybridized carbons (Fsp3) is 0.100. The van der Waals surface area contributed by atoms with Gasteiger partial charge in [-0.3, -0.25) is 14.5 Å². The molecule has 120 valence electrons. The average molecular weight is 318 g/mol. The molecule has 24 heavy (non-hydrogen) atoms. The molecule has 0 radical (unpaired) electrons. The molecule has 0 aliphatic carbocycles. The van der Waals surface area contributed by atoms with E-state index in [9.17, 15) is 9.59 Å². The molecule has 4 nitrogen and oxygen atoms in total. The van der Waals surface area contributed by atoms with Gasteiger partial charge in [-0.25, -0.2) is 0 Å². The van der Waals surface area contributed by atoms with Gasteiger partial charge in [-0.1, -0.05) is 66.7 Å². The van der Waals surface area contributed by atoms with Gasteiger partial charge in [-0.05, 0) is 23.9 Å². The molecule has 0 saturated heterocycles. The average Bonchev–Trinajstić information content (AvgIpc) is 2.62. The molecule has 3 rings (SSSR count). The normalized spacial score (nSPS) is 11.9. The van der Waals surface area contributed by atoms with Gasteiger partial charge in [-0.2, -0.15) is 0 Å². The summed E-state index contributed by atoms with van der Waals surface area (Å²) in [5, 5.41) is 1.90. The number of nitrogens with two attached hydrogens (primary N) is 1. The minimum atomic E-state index is -0.967. The molecule has 0 heterocycles. The zero-order valence-corrected chi connectivity index (χ0v) is 13.3. The highest BCUT2D eigenvalue weighted by Crippen LogP contribution is 2.33. The Morgan fingerprint density at radius 3 is 2.21 bits per heavy atom. The van der Waals surface area contributed by atoms with Crippen LogP contribution >= 0.6 is 0 Å². The van der Waals surface area contributed by atoms with E-state index in [4.69, 9.17) is 5.73 Å². The predicted octanol–water partition coefficient (Wildman–Crippen LogP) is 3.42. The lowest BCUT2D eigenvalue weighted by atomic mass is 10.0. The molecular weight excluding hydrogens is 300 g/mol. The monoisotopic (exact) mass is 318 g/mol. The van der Waals surface area contributed by atoms with Crippen LogP contribution in [0.5, 0.6) is 0 Å². The van der Waals surface area contributed by atoms with Crippen LogP contribution in [0.25, 0.3) is 10.8 Å². The Hall–Kier alpha value is -3.14. The summed E-state index contributed by atoms with van der Waals surface area (Å²) in [4.78, 5) is 25.6. The lowest BCUT2D eigenvalue weighted by Crippen LogP contribution is -2.42. The molecule has 3 aromatic carbocycles. The lowest BCUT2D eigenvalue weighted by Gasteiger charge is -2.29. The van der Waals surface area contributed by atoms with Crippen molar-refractivity contribution in [2.45, 2.75) is 13.0 Å². The van der Waals surface area contributed by atoms with Crippen LogP contribution in [0, 0.1) is 0 Å². The first kappa shape index (κ1) is 15.7. The molecule has 2 amide bonds. The van der Waals surface area contributed by atoms with Crippen LogP contribution < -0.4 is 10.6 Å². The van der Waals surface area contributed by atoms with Gasteiger partial charge in [-0.15, -0.1) is 0 Å². The molecule has 4 heteroatoms. The van der Waals surface area contributed by atoms with Crippen LogP contribution in [0.3, 0.4) is 0 Å². The second kappa shape index (κ2) is 6.54. The van der Waals surface area contributed by atoms with E-state index in [0.29, 0.717) is 5.69 Å². The third kappa shape index (κ3) is 2.86. The molecule has 0 aromatic heterocycles. The summed E-state index contributed by atoms with van der Waals surface area (Å²) in [6, 6.07) is 22.7. The molecule has 0 aliphatic rings. The van der Waals surface area contributed by atoms with Crippen molar-refractivity contribution in [1.82, 2.24) is 0 Å². The number of carbonyl (C=O) groups is 2. The Balaban J connectivity index is 2.18. The largest absolute Gasteiger partial charge is 0.361 e. The number of nitrogens with zero attached hydrogens (tertiary/aromatic N) is 1. The molecule has 0 aliphatic heterocycles. The molecule has 1 atom stereocenters. The van der Waals surface area contributed by atoms with Gasteiger partial charge >= 0.3 is 11.8 Å². The van der Waals surface area contributed by atoms with Crippen LogP contribution in [0.4, 0.5) is 5.69 Å². The van der Waals surface area contributed by atoms with Crippen molar-refractivity contribution in [3.8, 4) is 0 Å². The quantitative estimate of drug-likeness (QED) is 0.752. The van der Waals surface area contributed by atoms with Gasteiger partial charge in [0.05, 0.1) is 11.7 Å². The maximum atomic E-state index is 12.6. The molecule has 0 fully saturated rings. The van der Waals surface area contributed by atoms with Crippen molar-refractivity contribution in [3.63, 3.8) is 0 Å². The first-order valence-corrected chi connectivity index (χ1v) is 7.75. The third-order valence-electron chi connectivity index (χ3n) is 4.13. The van der Waals surface area contributed by atoms with E-state index in [0.717, 1.165) is 16.3 Å². The van der Waals surface area contributed by atoms with Crippen molar-refractivity contribution < 1.29 is 9.59 Å². The van der Waals surface area contributed by atoms with E-state index in [1.807, 2.05) is 79.7 Å². The fourth-order valence-electron chi connectivity index (χ4n) is 2.91. The highest BCUT2D eigenvalue weighted by molar-refractivity contribution is 6.40. The molecule has 0 bridgehead atoms. The summed E-state index contributed by atoms with van der Waals surface area (Å²) >= 11 is 0. The van der Waals surface area contributed by atoms with Crippen LogP contribution in [0.2, 0.25) is 0 Å². The van der Waals surface area contributed by atoms with Crippen molar-refractivity contribution in [1.29, 1.82) is 0 Å². The molecular formula is C20H18N2O2. The van der Waals surface area contributed by atoms with E-state index in [2.05, 4.69) is 0 Å². The highest BCUT2D eigenvalue weighted by atomic mass is 16.2. The first-order valence-electron chi connectivity index (χ1n) is 7.75. The van der Waals surface area contributed by atoms with Crippen LogP contribution in [-0.2, 0) is 9.59 Å². The number of fused-ring (bicyclic) bond motifs is 1. The Morgan fingerprint density at radius 1 is 0.875 bits per heavy atom. The zero-order chi connectivity index (χ0) is 17.1. The predicted molar refractivity (Wildman–Crippen MR) is 95.5 cm³/mol. The Labute approximate surface area is 140 Å². The van der Waals surface area contributed by atoms with Crippen molar-refractivity contribution >= 4 is 28.3 Å². The maximum Gasteiger partial charge on any atom is 0.316 e. The molecule has 1 unspecified atom stereocenters. The minimum absolute atomic E-state index is 0.322. The van der Waals surface area contributed by atoms with Crippen LogP contribution in [-0.4, -0.2) is 11.8 Å². The fourth-order valence-corrected chi connectivity index (χ4v) is 2.91. The number of amides is 2. The van der Waals surface area contributed by atoms with Crippen LogP contribution in [0.1, 0.15) is 18.5 Å². The lowest BCUT2D eigenvalue weighted by molar-refractivity contribution is -0.135. The van der Waals surface area contributed by atoms with Crippen LogP contribution in [0.15, 0.2) is 72.8 Å². The summed E-state index contributed by atoms with van der Waals surface area (Å²) in [5.41, 5.74) is 6.91. The summed E-state index contributed by atoms with van der Waals surface area (Å²) in [6.45, 7) is 1.89. The van der Waals surface area contributed by atoms with E-state index < -0.39 is 11.8 Å². The SMILES string of the molecule is CC(c1ccccc1)N(C(=O)C(N)=O)c1cccc2ccccc12. The van der Waals surface area contributed by atoms with Crippen molar-refractivity contribution in [2.75, 3.05) is 4.90 Å². The molecule has 0 spiro atoms. The summed E-state index contributed by atoms with van der Waals surface area (Å²) in [6.07, 6.45) is 0. The van der Waals surface area contributed by atoms with Gasteiger partial charge in [0.2, 0.25) is 0 Å². The standard InChI is InChI=1S/C20H18N2O2/c1-14(15-8-3-2-4-9-15)22(20(24)19(21)23)18-13-7-11-16-10-5-6-12-17(16)18/h2-14H,1H3,(H2,21,23). The number of carbonyl (C=O) groups excluding carboxylic acids is 2. The third-order valence-corrected chi connectivity index (χ3v) is 4.13. The Kier molecular flexibility index (Phi) is 4.29. The zero-order valence-electron chi connectivity index (χ0n) is 13.3. The van der Waals surface area contributed by atoms with Gasteiger partial charge in [0, 0.05) is 5.39 Å². The number of primary amides is 1. The van der Waals surface area contributed by atoms with E-state index in [-0.39, 0.29) is 6.04 Å². The van der Waals surface area contributed by atoms with Gasteiger partial charge in [0.25, 0.3) is 0 Å². The van der Waals surface area contributed by atoms with Gasteiger partial charge in [0.15, 0.2) is 0 Å². The summed E-state index contributed by atoms with van der Waals surface area (Å²) in [5.74, 6) is -1.69. The van der Waals surface area contributed by atoms with E-state index in [1.54, 1.807) is 0 Å². The number of rotatable bonds is 3. The second-order valence-electron chi connectivity index (χ2n) is 5.62. The minimum Gasteiger partial charge on any atom is -0.361 e. The Bertz CT molecular complexity index is 885. The smallest absolute Gasteiger partial charge is 0.316 e. The van der Waals surface area contributed by atoms with Gasteiger partial charge in [0.1, 0.15) is 0 Å². The first-order chi connectivity index (χ1) is 11.6. The highest BCUT2D eigenvalue weighted by Gasteiger charge is 2.28. The Morgan fingerprint density at radius 2 is 1.50 bits per heavy atom. The number of anilines is 1. The van der Waals surface area contributed by atoms with Gasteiger partial charge < -0.3 is 5.73 Å². The molecule has 3 aromatic rings. The molecule has 2 N–H and O–H groups in total. The number of benzene rings is 3. The maximum absolute atomic E-state index is 12.6. The van der Waals surface area contributed by atoms with Crippen molar-refractivity contribution in [2.24, 2.45) is 5.73 Å². The molecule has 0 saturated carbocycles. The number of hydrogen-bond donors (Lipinski definition) is 1. The second-order valence-corrected chi connectivity index (χ2v) is 5.62. The van der Waals surface area contributed by atoms with E-state index >= 15 is 0 Å². The summed E-state index contributed by atoms with van der Waals surface area (Å²) in [7, 11) is 0. The van der Waals surface area contributed by atoms with Crippen molar-refractivity contribution in [3.05, 3.63) is 78.4 Å². The topological polar surface area (TPSA) is 63.4 Å². The number of hydrogen-bond acceptors (Lipinski definition) is 2.